The topological polar surface area (TPSA) is 17.8 Å². The van der Waals surface area contributed by atoms with Gasteiger partial charge in [0, 0.05) is 5.56 Å². The molecular formula is C24H18N2. The van der Waals surface area contributed by atoms with Crippen LogP contribution in [0.2, 0.25) is 0 Å². The second-order valence-corrected chi connectivity index (χ2v) is 6.63. The Morgan fingerprint density at radius 1 is 0.769 bits per heavy atom. The van der Waals surface area contributed by atoms with Gasteiger partial charge in [0.15, 0.2) is 0 Å². The van der Waals surface area contributed by atoms with Crippen molar-refractivity contribution >= 4 is 21.8 Å². The van der Waals surface area contributed by atoms with Crippen LogP contribution in [0, 0.1) is 6.92 Å². The number of aryl methyl sites for hydroxylation is 1. The van der Waals surface area contributed by atoms with Crippen LogP contribution in [0.3, 0.4) is 0 Å². The van der Waals surface area contributed by atoms with Crippen molar-refractivity contribution in [3.05, 3.63) is 96.8 Å². The molecule has 2 heteroatoms. The lowest BCUT2D eigenvalue weighted by Crippen LogP contribution is -1.95. The first-order valence-corrected chi connectivity index (χ1v) is 8.82. The maximum Gasteiger partial charge on any atom is 0.100 e. The monoisotopic (exact) mass is 334 g/mol. The molecule has 0 radical (unpaired) electrons. The molecule has 0 aliphatic heterocycles. The second-order valence-electron chi connectivity index (χ2n) is 6.63. The number of hydrogen-bond acceptors (Lipinski definition) is 1. The van der Waals surface area contributed by atoms with E-state index in [2.05, 4.69) is 89.3 Å². The van der Waals surface area contributed by atoms with E-state index in [0.29, 0.717) is 0 Å². The van der Waals surface area contributed by atoms with E-state index in [1.807, 2.05) is 18.5 Å². The molecule has 0 aliphatic rings. The number of nitrogens with zero attached hydrogens (tertiary/aromatic N) is 2. The Hall–Kier alpha value is -3.39. The predicted octanol–water partition coefficient (Wildman–Crippen LogP) is 6.15. The lowest BCUT2D eigenvalue weighted by molar-refractivity contribution is 1.09. The van der Waals surface area contributed by atoms with Gasteiger partial charge in [0.25, 0.3) is 0 Å². The van der Waals surface area contributed by atoms with Gasteiger partial charge < -0.3 is 0 Å². The highest BCUT2D eigenvalue weighted by molar-refractivity contribution is 5.91. The fraction of sp³-hybridized carbons (Fsp3) is 0.0417. The van der Waals surface area contributed by atoms with Gasteiger partial charge in [-0.05, 0) is 53.1 Å². The Bertz CT molecular complexity index is 1250. The van der Waals surface area contributed by atoms with E-state index in [-0.39, 0.29) is 0 Å². The molecule has 0 aliphatic carbocycles. The van der Waals surface area contributed by atoms with Crippen molar-refractivity contribution in [2.45, 2.75) is 6.92 Å². The minimum atomic E-state index is 1.01. The van der Waals surface area contributed by atoms with Crippen molar-refractivity contribution in [1.29, 1.82) is 0 Å². The third-order valence-electron chi connectivity index (χ3n) is 5.03. The van der Waals surface area contributed by atoms with Gasteiger partial charge in [-0.2, -0.15) is 0 Å². The standard InChI is InChI=1S/C24H18N2/c1-17-7-6-8-18-15-19(13-14-20(17)18)21-9-2-4-11-23(21)26-16-25-22-10-3-5-12-24(22)26/h2-16H,1H3. The Labute approximate surface area is 152 Å². The van der Waals surface area contributed by atoms with Gasteiger partial charge in [-0.1, -0.05) is 60.7 Å². The molecule has 0 fully saturated rings. The minimum Gasteiger partial charge on any atom is -0.298 e. The van der Waals surface area contributed by atoms with Crippen molar-refractivity contribution in [3.63, 3.8) is 0 Å². The van der Waals surface area contributed by atoms with E-state index in [1.54, 1.807) is 0 Å². The van der Waals surface area contributed by atoms with Crippen LogP contribution in [0.1, 0.15) is 5.56 Å². The molecule has 4 aromatic carbocycles. The molecular weight excluding hydrogens is 316 g/mol. The SMILES string of the molecule is Cc1cccc2cc(-c3ccccc3-n3cnc4ccccc43)ccc12. The first-order valence-electron chi connectivity index (χ1n) is 8.82. The molecule has 2 nitrogen and oxygen atoms in total. The molecule has 0 saturated heterocycles. The summed E-state index contributed by atoms with van der Waals surface area (Å²) in [6.07, 6.45) is 1.91. The Balaban J connectivity index is 1.74. The highest BCUT2D eigenvalue weighted by Crippen LogP contribution is 2.31. The Morgan fingerprint density at radius 3 is 2.58 bits per heavy atom. The van der Waals surface area contributed by atoms with Crippen molar-refractivity contribution in [2.75, 3.05) is 0 Å². The van der Waals surface area contributed by atoms with Gasteiger partial charge >= 0.3 is 0 Å². The molecule has 0 unspecified atom stereocenters. The Morgan fingerprint density at radius 2 is 1.62 bits per heavy atom. The second kappa shape index (κ2) is 5.85. The summed E-state index contributed by atoms with van der Waals surface area (Å²) in [5.41, 5.74) is 7.01. The molecule has 26 heavy (non-hydrogen) atoms. The first-order chi connectivity index (χ1) is 12.8. The summed E-state index contributed by atoms with van der Waals surface area (Å²) in [6, 6.07) is 29.9. The molecule has 5 aromatic rings. The number of rotatable bonds is 2. The summed E-state index contributed by atoms with van der Waals surface area (Å²) < 4.78 is 2.17. The zero-order chi connectivity index (χ0) is 17.5. The van der Waals surface area contributed by atoms with Crippen LogP contribution in [-0.4, -0.2) is 9.55 Å². The zero-order valence-electron chi connectivity index (χ0n) is 14.6. The zero-order valence-corrected chi connectivity index (χ0v) is 14.6. The van der Waals surface area contributed by atoms with Gasteiger partial charge in [-0.15, -0.1) is 0 Å². The van der Waals surface area contributed by atoms with Crippen molar-refractivity contribution in [2.24, 2.45) is 0 Å². The number of fused-ring (bicyclic) bond motifs is 2. The lowest BCUT2D eigenvalue weighted by atomic mass is 9.98. The quantitative estimate of drug-likeness (QED) is 0.378. The van der Waals surface area contributed by atoms with Gasteiger partial charge in [0.2, 0.25) is 0 Å². The van der Waals surface area contributed by atoms with E-state index in [9.17, 15) is 0 Å². The number of para-hydroxylation sites is 3. The lowest BCUT2D eigenvalue weighted by Gasteiger charge is -2.13. The Kier molecular flexibility index (Phi) is 3.36. The average molecular weight is 334 g/mol. The molecule has 0 spiro atoms. The van der Waals surface area contributed by atoms with Gasteiger partial charge in [-0.25, -0.2) is 4.98 Å². The smallest absolute Gasteiger partial charge is 0.100 e. The van der Waals surface area contributed by atoms with Crippen LogP contribution in [0.4, 0.5) is 0 Å². The van der Waals surface area contributed by atoms with E-state index in [0.717, 1.165) is 16.7 Å². The predicted molar refractivity (Wildman–Crippen MR) is 109 cm³/mol. The van der Waals surface area contributed by atoms with Crippen LogP contribution in [-0.2, 0) is 0 Å². The summed E-state index contributed by atoms with van der Waals surface area (Å²) >= 11 is 0. The summed E-state index contributed by atoms with van der Waals surface area (Å²) in [5.74, 6) is 0. The summed E-state index contributed by atoms with van der Waals surface area (Å²) in [6.45, 7) is 2.16. The van der Waals surface area contributed by atoms with Gasteiger partial charge in [0.05, 0.1) is 16.7 Å². The fourth-order valence-electron chi connectivity index (χ4n) is 3.69. The van der Waals surface area contributed by atoms with Gasteiger partial charge in [-0.3, -0.25) is 4.57 Å². The van der Waals surface area contributed by atoms with Crippen molar-refractivity contribution < 1.29 is 0 Å². The number of hydrogen-bond donors (Lipinski definition) is 0. The van der Waals surface area contributed by atoms with E-state index < -0.39 is 0 Å². The molecule has 1 aromatic heterocycles. The molecule has 124 valence electrons. The third kappa shape index (κ3) is 2.31. The summed E-state index contributed by atoms with van der Waals surface area (Å²) in [7, 11) is 0. The van der Waals surface area contributed by atoms with Crippen molar-refractivity contribution in [1.82, 2.24) is 9.55 Å². The van der Waals surface area contributed by atoms with Gasteiger partial charge in [0.1, 0.15) is 6.33 Å². The molecule has 0 saturated carbocycles. The van der Waals surface area contributed by atoms with Crippen LogP contribution in [0.15, 0.2) is 91.3 Å². The molecule has 1 heterocycles. The third-order valence-corrected chi connectivity index (χ3v) is 5.03. The molecule has 0 amide bonds. The minimum absolute atomic E-state index is 1.01. The average Bonchev–Trinajstić information content (AvgIpc) is 3.12. The highest BCUT2D eigenvalue weighted by Gasteiger charge is 2.10. The first kappa shape index (κ1) is 14.9. The molecule has 0 atom stereocenters. The summed E-state index contributed by atoms with van der Waals surface area (Å²) in [4.78, 5) is 4.55. The molecule has 5 rings (SSSR count). The van der Waals surface area contributed by atoms with E-state index >= 15 is 0 Å². The largest absolute Gasteiger partial charge is 0.298 e. The number of imidazole rings is 1. The van der Waals surface area contributed by atoms with Crippen LogP contribution in [0.25, 0.3) is 38.6 Å². The van der Waals surface area contributed by atoms with Crippen LogP contribution >= 0.6 is 0 Å². The van der Waals surface area contributed by atoms with Crippen molar-refractivity contribution in [3.8, 4) is 16.8 Å². The van der Waals surface area contributed by atoms with E-state index in [4.69, 9.17) is 0 Å². The number of aromatic nitrogens is 2. The van der Waals surface area contributed by atoms with E-state index in [1.165, 1.54) is 27.5 Å². The maximum absolute atomic E-state index is 4.55. The maximum atomic E-state index is 4.55. The highest BCUT2D eigenvalue weighted by atomic mass is 15.0. The normalized spacial score (nSPS) is 11.3. The summed E-state index contributed by atoms with van der Waals surface area (Å²) in [5, 5.41) is 2.58. The number of benzene rings is 4. The molecule has 0 bridgehead atoms. The van der Waals surface area contributed by atoms with Crippen LogP contribution in [0.5, 0.6) is 0 Å². The fourth-order valence-corrected chi connectivity index (χ4v) is 3.69. The molecule has 0 N–H and O–H groups in total. The van der Waals surface area contributed by atoms with Crippen LogP contribution < -0.4 is 0 Å².